The van der Waals surface area contributed by atoms with Gasteiger partial charge in [0.15, 0.2) is 0 Å². The Bertz CT molecular complexity index is 612. The first-order valence-corrected chi connectivity index (χ1v) is 8.50. The van der Waals surface area contributed by atoms with Crippen LogP contribution in [0.5, 0.6) is 0 Å². The van der Waals surface area contributed by atoms with Gasteiger partial charge in [-0.15, -0.1) is 0 Å². The first-order valence-electron chi connectivity index (χ1n) is 8.50. The van der Waals surface area contributed by atoms with Crippen molar-refractivity contribution in [3.8, 4) is 0 Å². The molecule has 0 unspecified atom stereocenters. The topological polar surface area (TPSA) is 27.7 Å². The molecule has 0 amide bonds. The van der Waals surface area contributed by atoms with Crippen molar-refractivity contribution in [1.29, 1.82) is 0 Å². The maximum atomic E-state index is 5.92. The highest BCUT2D eigenvalue weighted by atomic mass is 16.5. The van der Waals surface area contributed by atoms with Crippen molar-refractivity contribution in [2.45, 2.75) is 37.9 Å². The number of methoxy groups -OCH3 is 1. The molecule has 1 aliphatic rings. The normalized spacial score (nSPS) is 17.4. The summed E-state index contributed by atoms with van der Waals surface area (Å²) < 4.78 is 17.1. The number of benzene rings is 2. The van der Waals surface area contributed by atoms with Gasteiger partial charge >= 0.3 is 0 Å². The lowest BCUT2D eigenvalue weighted by Gasteiger charge is -2.36. The predicted octanol–water partition coefficient (Wildman–Crippen LogP) is 4.33. The Balaban J connectivity index is 1.48. The Morgan fingerprint density at radius 2 is 1.83 bits per heavy atom. The second-order valence-electron chi connectivity index (χ2n) is 6.29. The molecule has 0 spiro atoms. The van der Waals surface area contributed by atoms with Crippen molar-refractivity contribution in [3.05, 3.63) is 48.0 Å². The molecule has 124 valence electrons. The molecular weight excluding hydrogens is 288 g/mol. The highest BCUT2D eigenvalue weighted by molar-refractivity contribution is 5.85. The Labute approximate surface area is 138 Å². The van der Waals surface area contributed by atoms with Crippen molar-refractivity contribution >= 4 is 10.8 Å². The second-order valence-corrected chi connectivity index (χ2v) is 6.29. The van der Waals surface area contributed by atoms with E-state index in [0.29, 0.717) is 6.61 Å². The third kappa shape index (κ3) is 4.11. The lowest BCUT2D eigenvalue weighted by atomic mass is 9.89. The van der Waals surface area contributed by atoms with Gasteiger partial charge in [0, 0.05) is 26.9 Å². The lowest BCUT2D eigenvalue weighted by Crippen LogP contribution is -2.38. The number of ether oxygens (including phenoxy) is 3. The minimum atomic E-state index is 0.00105. The molecule has 0 N–H and O–H groups in total. The van der Waals surface area contributed by atoms with E-state index in [-0.39, 0.29) is 5.60 Å². The van der Waals surface area contributed by atoms with Crippen LogP contribution in [0.2, 0.25) is 0 Å². The van der Waals surface area contributed by atoms with Crippen LogP contribution in [-0.4, -0.2) is 32.5 Å². The molecule has 0 bridgehead atoms. The van der Waals surface area contributed by atoms with Crippen molar-refractivity contribution in [1.82, 2.24) is 0 Å². The summed E-state index contributed by atoms with van der Waals surface area (Å²) in [5.41, 5.74) is 1.26. The Morgan fingerprint density at radius 1 is 1.04 bits per heavy atom. The van der Waals surface area contributed by atoms with E-state index in [0.717, 1.165) is 45.5 Å². The average molecular weight is 314 g/mol. The summed E-state index contributed by atoms with van der Waals surface area (Å²) in [6.07, 6.45) is 4.06. The first-order chi connectivity index (χ1) is 11.3. The Hall–Kier alpha value is -1.42. The highest BCUT2D eigenvalue weighted by Gasteiger charge is 2.31. The molecule has 3 heteroatoms. The quantitative estimate of drug-likeness (QED) is 0.712. The standard InChI is InChI=1S/C20H26O3/c1-21-20(11-14-22-15-12-20)10-5-13-23-16-18-8-4-7-17-6-2-3-9-19(17)18/h2-4,6-9H,5,10-16H2,1H3. The summed E-state index contributed by atoms with van der Waals surface area (Å²) in [7, 11) is 1.82. The van der Waals surface area contributed by atoms with Crippen LogP contribution in [0.25, 0.3) is 10.8 Å². The Morgan fingerprint density at radius 3 is 2.65 bits per heavy atom. The van der Waals surface area contributed by atoms with E-state index in [4.69, 9.17) is 14.2 Å². The molecule has 23 heavy (non-hydrogen) atoms. The molecular formula is C20H26O3. The van der Waals surface area contributed by atoms with Gasteiger partial charge in [-0.05, 0) is 42.0 Å². The zero-order valence-electron chi connectivity index (χ0n) is 13.9. The molecule has 0 aliphatic carbocycles. The second kappa shape index (κ2) is 7.91. The van der Waals surface area contributed by atoms with Gasteiger partial charge in [0.1, 0.15) is 0 Å². The van der Waals surface area contributed by atoms with Crippen LogP contribution in [0.4, 0.5) is 0 Å². The molecule has 0 atom stereocenters. The van der Waals surface area contributed by atoms with Crippen LogP contribution in [0.15, 0.2) is 42.5 Å². The molecule has 0 radical (unpaired) electrons. The van der Waals surface area contributed by atoms with E-state index in [1.165, 1.54) is 16.3 Å². The van der Waals surface area contributed by atoms with Crippen LogP contribution in [0, 0.1) is 0 Å². The van der Waals surface area contributed by atoms with Gasteiger partial charge < -0.3 is 14.2 Å². The lowest BCUT2D eigenvalue weighted by molar-refractivity contribution is -0.0972. The van der Waals surface area contributed by atoms with E-state index in [1.807, 2.05) is 7.11 Å². The van der Waals surface area contributed by atoms with Crippen molar-refractivity contribution in [2.24, 2.45) is 0 Å². The van der Waals surface area contributed by atoms with Crippen LogP contribution >= 0.6 is 0 Å². The van der Waals surface area contributed by atoms with Crippen LogP contribution < -0.4 is 0 Å². The smallest absolute Gasteiger partial charge is 0.0723 e. The van der Waals surface area contributed by atoms with Gasteiger partial charge in [0.05, 0.1) is 12.2 Å². The summed E-state index contributed by atoms with van der Waals surface area (Å²) in [6.45, 7) is 3.06. The summed E-state index contributed by atoms with van der Waals surface area (Å²) in [6, 6.07) is 14.9. The minimum absolute atomic E-state index is 0.00105. The number of hydrogen-bond donors (Lipinski definition) is 0. The maximum absolute atomic E-state index is 5.92. The fourth-order valence-corrected chi connectivity index (χ4v) is 3.40. The minimum Gasteiger partial charge on any atom is -0.381 e. The molecule has 1 saturated heterocycles. The number of fused-ring (bicyclic) bond motifs is 1. The van der Waals surface area contributed by atoms with E-state index in [1.54, 1.807) is 0 Å². The molecule has 2 aromatic rings. The predicted molar refractivity (Wildman–Crippen MR) is 92.6 cm³/mol. The first kappa shape index (κ1) is 16.4. The summed E-state index contributed by atoms with van der Waals surface area (Å²) >= 11 is 0. The number of rotatable bonds is 7. The molecule has 2 aromatic carbocycles. The van der Waals surface area contributed by atoms with Crippen molar-refractivity contribution in [3.63, 3.8) is 0 Å². The summed E-state index contributed by atoms with van der Waals surface area (Å²) in [5, 5.41) is 2.56. The van der Waals surface area contributed by atoms with Gasteiger partial charge in [0.2, 0.25) is 0 Å². The van der Waals surface area contributed by atoms with Crippen molar-refractivity contribution < 1.29 is 14.2 Å². The van der Waals surface area contributed by atoms with Crippen LogP contribution in [-0.2, 0) is 20.8 Å². The fraction of sp³-hybridized carbons (Fsp3) is 0.500. The summed E-state index contributed by atoms with van der Waals surface area (Å²) in [4.78, 5) is 0. The maximum Gasteiger partial charge on any atom is 0.0723 e. The monoisotopic (exact) mass is 314 g/mol. The largest absolute Gasteiger partial charge is 0.381 e. The van der Waals surface area contributed by atoms with Gasteiger partial charge in [-0.3, -0.25) is 0 Å². The third-order valence-electron chi connectivity index (χ3n) is 4.90. The molecule has 1 heterocycles. The number of hydrogen-bond acceptors (Lipinski definition) is 3. The van der Waals surface area contributed by atoms with Gasteiger partial charge in [-0.2, -0.15) is 0 Å². The fourth-order valence-electron chi connectivity index (χ4n) is 3.40. The molecule has 0 aromatic heterocycles. The van der Waals surface area contributed by atoms with Gasteiger partial charge in [-0.25, -0.2) is 0 Å². The van der Waals surface area contributed by atoms with Gasteiger partial charge in [-0.1, -0.05) is 42.5 Å². The Kier molecular flexibility index (Phi) is 5.65. The van der Waals surface area contributed by atoms with E-state index < -0.39 is 0 Å². The molecule has 3 nitrogen and oxygen atoms in total. The van der Waals surface area contributed by atoms with E-state index in [9.17, 15) is 0 Å². The zero-order chi connectivity index (χ0) is 16.0. The molecule has 1 fully saturated rings. The van der Waals surface area contributed by atoms with E-state index in [2.05, 4.69) is 42.5 Å². The van der Waals surface area contributed by atoms with Crippen LogP contribution in [0.3, 0.4) is 0 Å². The zero-order valence-corrected chi connectivity index (χ0v) is 13.9. The molecule has 3 rings (SSSR count). The SMILES string of the molecule is COC1(CCCOCc2cccc3ccccc23)CCOCC1. The third-order valence-corrected chi connectivity index (χ3v) is 4.90. The van der Waals surface area contributed by atoms with Gasteiger partial charge in [0.25, 0.3) is 0 Å². The molecule has 1 aliphatic heterocycles. The molecule has 0 saturated carbocycles. The van der Waals surface area contributed by atoms with Crippen molar-refractivity contribution in [2.75, 3.05) is 26.9 Å². The van der Waals surface area contributed by atoms with Crippen LogP contribution in [0.1, 0.15) is 31.2 Å². The highest BCUT2D eigenvalue weighted by Crippen LogP contribution is 2.29. The summed E-state index contributed by atoms with van der Waals surface area (Å²) in [5.74, 6) is 0. The average Bonchev–Trinajstić information content (AvgIpc) is 2.62. The van der Waals surface area contributed by atoms with E-state index >= 15 is 0 Å².